The molecule has 0 spiro atoms. The van der Waals surface area contributed by atoms with Crippen molar-refractivity contribution in [2.24, 2.45) is 23.7 Å². The molecule has 2 fully saturated rings. The largest absolute Gasteiger partial charge is 0.479 e. The summed E-state index contributed by atoms with van der Waals surface area (Å²) in [6, 6.07) is 0. The first kappa shape index (κ1) is 19.7. The average Bonchev–Trinajstić information content (AvgIpc) is 3.16. The second kappa shape index (κ2) is 6.57. The smallest absolute Gasteiger partial charge is 0.339 e. The van der Waals surface area contributed by atoms with Gasteiger partial charge in [-0.25, -0.2) is 9.59 Å². The van der Waals surface area contributed by atoms with Gasteiger partial charge in [0.15, 0.2) is 11.9 Å². The highest BCUT2D eigenvalue weighted by Gasteiger charge is 2.71. The summed E-state index contributed by atoms with van der Waals surface area (Å²) in [4.78, 5) is 34.7. The van der Waals surface area contributed by atoms with Gasteiger partial charge in [-0.1, -0.05) is 27.7 Å². The molecule has 1 saturated heterocycles. The van der Waals surface area contributed by atoms with E-state index in [9.17, 15) is 24.6 Å². The number of ether oxygens (including phenoxy) is 3. The molecule has 1 aliphatic carbocycles. The van der Waals surface area contributed by atoms with Gasteiger partial charge in [0.2, 0.25) is 5.60 Å². The highest BCUT2D eigenvalue weighted by atomic mass is 16.8. The third kappa shape index (κ3) is 3.13. The van der Waals surface area contributed by atoms with Crippen molar-refractivity contribution in [3.63, 3.8) is 0 Å². The van der Waals surface area contributed by atoms with Gasteiger partial charge in [-0.3, -0.25) is 4.79 Å². The summed E-state index contributed by atoms with van der Waals surface area (Å²) < 4.78 is 16.9. The molecule has 1 aliphatic heterocycles. The Bertz CT molecular complexity index is 571. The SMILES string of the molecule is CC(=O)OC[C@H]1C[C@H]1C1(C(C)C)O[C@H](C(=O)O)[C@](C(=O)O)(C(C)C)O1. The molecule has 0 aromatic rings. The Labute approximate surface area is 146 Å². The van der Waals surface area contributed by atoms with Crippen LogP contribution in [0.15, 0.2) is 0 Å². The van der Waals surface area contributed by atoms with Crippen LogP contribution in [0.2, 0.25) is 0 Å². The van der Waals surface area contributed by atoms with Crippen molar-refractivity contribution in [2.45, 2.75) is 58.5 Å². The van der Waals surface area contributed by atoms with E-state index >= 15 is 0 Å². The molecule has 0 aromatic heterocycles. The maximum atomic E-state index is 12.0. The van der Waals surface area contributed by atoms with E-state index in [1.165, 1.54) is 6.92 Å². The summed E-state index contributed by atoms with van der Waals surface area (Å²) in [5.74, 6) is -5.62. The second-order valence-electron chi connectivity index (χ2n) is 7.47. The Hall–Kier alpha value is -1.67. The highest BCUT2D eigenvalue weighted by Crippen LogP contribution is 2.58. The van der Waals surface area contributed by atoms with E-state index in [2.05, 4.69) is 0 Å². The Morgan fingerprint density at radius 3 is 2.12 bits per heavy atom. The Kier molecular flexibility index (Phi) is 5.16. The van der Waals surface area contributed by atoms with E-state index in [0.717, 1.165) is 0 Å². The monoisotopic (exact) mass is 358 g/mol. The number of aliphatic carboxylic acids is 2. The Balaban J connectivity index is 2.36. The van der Waals surface area contributed by atoms with E-state index in [-0.39, 0.29) is 24.4 Å². The van der Waals surface area contributed by atoms with Crippen molar-refractivity contribution in [1.82, 2.24) is 0 Å². The average molecular weight is 358 g/mol. The van der Waals surface area contributed by atoms with Crippen LogP contribution in [-0.4, -0.2) is 52.2 Å². The lowest BCUT2D eigenvalue weighted by atomic mass is 9.84. The fourth-order valence-corrected chi connectivity index (χ4v) is 3.66. The highest BCUT2D eigenvalue weighted by molar-refractivity contribution is 5.88. The molecular weight excluding hydrogens is 332 g/mol. The summed E-state index contributed by atoms with van der Waals surface area (Å²) in [6.07, 6.45) is -0.992. The van der Waals surface area contributed by atoms with Crippen LogP contribution in [0, 0.1) is 23.7 Å². The van der Waals surface area contributed by atoms with Gasteiger partial charge in [0.25, 0.3) is 0 Å². The van der Waals surface area contributed by atoms with Crippen LogP contribution in [0.5, 0.6) is 0 Å². The van der Waals surface area contributed by atoms with Crippen molar-refractivity contribution in [2.75, 3.05) is 6.61 Å². The number of carbonyl (C=O) groups excluding carboxylic acids is 1. The van der Waals surface area contributed by atoms with Crippen molar-refractivity contribution < 1.29 is 38.8 Å². The van der Waals surface area contributed by atoms with Crippen LogP contribution in [0.1, 0.15) is 41.0 Å². The van der Waals surface area contributed by atoms with Gasteiger partial charge in [-0.15, -0.1) is 0 Å². The van der Waals surface area contributed by atoms with E-state index in [0.29, 0.717) is 6.42 Å². The molecule has 0 bridgehead atoms. The topological polar surface area (TPSA) is 119 Å². The van der Waals surface area contributed by atoms with Crippen LogP contribution < -0.4 is 0 Å². The minimum atomic E-state index is -1.97. The molecule has 1 unspecified atom stereocenters. The molecule has 8 nitrogen and oxygen atoms in total. The van der Waals surface area contributed by atoms with Gasteiger partial charge in [-0.05, 0) is 12.3 Å². The number of hydrogen-bond donors (Lipinski definition) is 2. The molecule has 0 amide bonds. The van der Waals surface area contributed by atoms with Gasteiger partial charge in [0.05, 0.1) is 6.61 Å². The second-order valence-corrected chi connectivity index (χ2v) is 7.47. The summed E-state index contributed by atoms with van der Waals surface area (Å²) in [5, 5.41) is 19.3. The van der Waals surface area contributed by atoms with E-state index in [1.54, 1.807) is 27.7 Å². The van der Waals surface area contributed by atoms with Gasteiger partial charge < -0.3 is 24.4 Å². The van der Waals surface area contributed by atoms with Crippen LogP contribution in [0.4, 0.5) is 0 Å². The van der Waals surface area contributed by atoms with Crippen LogP contribution in [0.25, 0.3) is 0 Å². The van der Waals surface area contributed by atoms with E-state index in [1.807, 2.05) is 0 Å². The first-order valence-electron chi connectivity index (χ1n) is 8.46. The van der Waals surface area contributed by atoms with Gasteiger partial charge >= 0.3 is 17.9 Å². The first-order chi connectivity index (χ1) is 11.5. The third-order valence-electron chi connectivity index (χ3n) is 5.18. The number of hydrogen-bond acceptors (Lipinski definition) is 6. The molecule has 2 aliphatic rings. The number of rotatable bonds is 7. The van der Waals surface area contributed by atoms with Crippen LogP contribution in [0.3, 0.4) is 0 Å². The van der Waals surface area contributed by atoms with Crippen molar-refractivity contribution >= 4 is 17.9 Å². The molecule has 8 heteroatoms. The maximum absolute atomic E-state index is 12.0. The molecule has 25 heavy (non-hydrogen) atoms. The fraction of sp³-hybridized carbons (Fsp3) is 0.824. The van der Waals surface area contributed by atoms with Crippen molar-refractivity contribution in [3.05, 3.63) is 0 Å². The Morgan fingerprint density at radius 1 is 1.16 bits per heavy atom. The zero-order chi connectivity index (χ0) is 19.2. The lowest BCUT2D eigenvalue weighted by Crippen LogP contribution is -2.55. The van der Waals surface area contributed by atoms with Crippen LogP contribution in [-0.2, 0) is 28.6 Å². The molecule has 2 rings (SSSR count). The maximum Gasteiger partial charge on any atom is 0.339 e. The van der Waals surface area contributed by atoms with E-state index in [4.69, 9.17) is 14.2 Å². The molecule has 142 valence electrons. The van der Waals surface area contributed by atoms with Crippen molar-refractivity contribution in [1.29, 1.82) is 0 Å². The van der Waals surface area contributed by atoms with Gasteiger partial charge in [-0.2, -0.15) is 0 Å². The Morgan fingerprint density at radius 2 is 1.76 bits per heavy atom. The molecule has 1 heterocycles. The molecule has 1 saturated carbocycles. The summed E-state index contributed by atoms with van der Waals surface area (Å²) >= 11 is 0. The summed E-state index contributed by atoms with van der Waals surface area (Å²) in [5.41, 5.74) is -1.97. The minimum absolute atomic E-state index is 0.0440. The minimum Gasteiger partial charge on any atom is -0.479 e. The number of carboxylic acid groups (broad SMARTS) is 2. The zero-order valence-corrected chi connectivity index (χ0v) is 15.1. The molecule has 0 radical (unpaired) electrons. The molecule has 5 atom stereocenters. The molecular formula is C17H26O8. The lowest BCUT2D eigenvalue weighted by molar-refractivity contribution is -0.242. The number of esters is 1. The standard InChI is InChI=1S/C17H26O8/c1-8(2)16(15(21)22)13(14(19)20)24-17(25-16,9(3)4)12-6-11(12)7-23-10(5)18/h8-9,11-13H,6-7H2,1-5H3,(H,19,20)(H,21,22)/t11-,12-,13-,16+,17?/m1/s1. The molecule has 2 N–H and O–H groups in total. The van der Waals surface area contributed by atoms with Gasteiger partial charge in [0, 0.05) is 24.7 Å². The van der Waals surface area contributed by atoms with Crippen LogP contribution >= 0.6 is 0 Å². The van der Waals surface area contributed by atoms with Crippen molar-refractivity contribution in [3.8, 4) is 0 Å². The third-order valence-corrected chi connectivity index (χ3v) is 5.18. The fourth-order valence-electron chi connectivity index (χ4n) is 3.66. The normalized spacial score (nSPS) is 37.3. The predicted molar refractivity (Wildman–Crippen MR) is 84.6 cm³/mol. The summed E-state index contributed by atoms with van der Waals surface area (Å²) in [6.45, 7) is 8.31. The summed E-state index contributed by atoms with van der Waals surface area (Å²) in [7, 11) is 0. The molecule has 0 aromatic carbocycles. The predicted octanol–water partition coefficient (Wildman–Crippen LogP) is 1.52. The van der Waals surface area contributed by atoms with E-state index < -0.39 is 41.3 Å². The quantitative estimate of drug-likeness (QED) is 0.657. The number of carboxylic acids is 2. The lowest BCUT2D eigenvalue weighted by Gasteiger charge is -2.35. The van der Waals surface area contributed by atoms with Gasteiger partial charge in [0.1, 0.15) is 0 Å². The number of carbonyl (C=O) groups is 3. The zero-order valence-electron chi connectivity index (χ0n) is 15.1. The first-order valence-corrected chi connectivity index (χ1v) is 8.46.